The number of rotatable bonds is 4. The first kappa shape index (κ1) is 23.3. The molecule has 0 atom stereocenters. The van der Waals surface area contributed by atoms with Crippen LogP contribution in [0.25, 0.3) is 0 Å². The lowest BCUT2D eigenvalue weighted by atomic mass is 9.87. The molecule has 2 heterocycles. The Labute approximate surface area is 192 Å². The van der Waals surface area contributed by atoms with Crippen LogP contribution in [0.15, 0.2) is 48.7 Å². The molecule has 0 saturated heterocycles. The molecule has 2 N–H and O–H groups in total. The van der Waals surface area contributed by atoms with E-state index >= 15 is 0 Å². The van der Waals surface area contributed by atoms with Crippen molar-refractivity contribution in [1.82, 2.24) is 4.98 Å². The molecule has 3 aromatic rings. The number of pyridine rings is 1. The number of amides is 1. The number of carbonyl (C=O) groups is 1. The number of fused-ring (bicyclic) bond motifs is 1. The fourth-order valence-electron chi connectivity index (χ4n) is 4.05. The van der Waals surface area contributed by atoms with Crippen molar-refractivity contribution in [3.8, 4) is 11.5 Å². The summed E-state index contributed by atoms with van der Waals surface area (Å²) in [7, 11) is 1.17. The van der Waals surface area contributed by atoms with Gasteiger partial charge in [-0.2, -0.15) is 13.2 Å². The Hall–Kier alpha value is -3.82. The normalized spacial score (nSPS) is 14.6. The van der Waals surface area contributed by atoms with Gasteiger partial charge in [-0.15, -0.1) is 0 Å². The van der Waals surface area contributed by atoms with Crippen molar-refractivity contribution >= 4 is 23.1 Å². The van der Waals surface area contributed by atoms with E-state index < -0.39 is 34.6 Å². The van der Waals surface area contributed by atoms with Crippen molar-refractivity contribution in [1.29, 1.82) is 0 Å². The predicted octanol–water partition coefficient (Wildman–Crippen LogP) is 5.64. The number of carbonyl (C=O) groups excluding carboxylic acids is 1. The van der Waals surface area contributed by atoms with Crippen molar-refractivity contribution in [2.24, 2.45) is 0 Å². The molecule has 6 nitrogen and oxygen atoms in total. The van der Waals surface area contributed by atoms with Gasteiger partial charge < -0.3 is 20.1 Å². The van der Waals surface area contributed by atoms with Gasteiger partial charge in [-0.25, -0.2) is 9.37 Å². The average molecular weight is 475 g/mol. The molecule has 1 aliphatic rings. The van der Waals surface area contributed by atoms with Crippen LogP contribution in [0.4, 0.5) is 34.8 Å². The number of phenols is 1. The Morgan fingerprint density at radius 2 is 1.91 bits per heavy atom. The molecule has 1 amide bonds. The maximum atomic E-state index is 14.0. The maximum absolute atomic E-state index is 14.0. The van der Waals surface area contributed by atoms with E-state index in [4.69, 9.17) is 4.74 Å². The highest BCUT2D eigenvalue weighted by Gasteiger charge is 2.42. The minimum Gasteiger partial charge on any atom is -0.502 e. The van der Waals surface area contributed by atoms with Crippen LogP contribution in [0.3, 0.4) is 0 Å². The van der Waals surface area contributed by atoms with Crippen LogP contribution in [0.5, 0.6) is 11.5 Å². The summed E-state index contributed by atoms with van der Waals surface area (Å²) in [5.74, 6) is -3.35. The van der Waals surface area contributed by atoms with E-state index in [0.717, 1.165) is 30.0 Å². The summed E-state index contributed by atoms with van der Waals surface area (Å²) in [6, 6.07) is 9.83. The average Bonchev–Trinajstić information content (AvgIpc) is 3.06. The summed E-state index contributed by atoms with van der Waals surface area (Å²) in [5, 5.41) is 11.9. The van der Waals surface area contributed by atoms with Crippen molar-refractivity contribution in [3.63, 3.8) is 0 Å². The number of phenolic OH excluding ortho intramolecular Hbond substituents is 1. The number of ether oxygens (including phenoxy) is 1. The topological polar surface area (TPSA) is 74.7 Å². The van der Waals surface area contributed by atoms with Crippen LogP contribution in [0.1, 0.15) is 35.3 Å². The first-order chi connectivity index (χ1) is 15.9. The summed E-state index contributed by atoms with van der Waals surface area (Å²) < 4.78 is 60.8. The molecule has 0 unspecified atom stereocenters. The van der Waals surface area contributed by atoms with E-state index in [2.05, 4.69) is 10.3 Å². The van der Waals surface area contributed by atoms with E-state index in [1.807, 2.05) is 26.0 Å². The molecule has 0 fully saturated rings. The van der Waals surface area contributed by atoms with Gasteiger partial charge in [0.1, 0.15) is 11.4 Å². The van der Waals surface area contributed by atoms with Gasteiger partial charge in [-0.3, -0.25) is 4.79 Å². The molecule has 1 aromatic heterocycles. The first-order valence-corrected chi connectivity index (χ1v) is 10.2. The van der Waals surface area contributed by atoms with Crippen LogP contribution in [0, 0.1) is 5.82 Å². The standard InChI is InChI=1S/C24H21F4N3O3/c1-23(2)12-31(18-7-5-4-6-15(18)23)21-16(24(26,27)28)10-14(11-29-21)30-22(33)13-8-17(25)20(32)19(9-13)34-3/h4-11,32H,12H2,1-3H3,(H,30,33). The maximum Gasteiger partial charge on any atom is 0.420 e. The molecule has 1 aliphatic heterocycles. The Morgan fingerprint density at radius 1 is 1.21 bits per heavy atom. The fraction of sp³-hybridized carbons (Fsp3) is 0.250. The molecular formula is C24H21F4N3O3. The lowest BCUT2D eigenvalue weighted by Gasteiger charge is -2.25. The molecule has 4 rings (SSSR count). The highest BCUT2D eigenvalue weighted by Crippen LogP contribution is 2.47. The largest absolute Gasteiger partial charge is 0.502 e. The van der Waals surface area contributed by atoms with E-state index in [0.29, 0.717) is 12.2 Å². The van der Waals surface area contributed by atoms with Crippen LogP contribution in [-0.2, 0) is 11.6 Å². The van der Waals surface area contributed by atoms with E-state index in [-0.39, 0.29) is 22.8 Å². The SMILES string of the molecule is COc1cc(C(=O)Nc2cnc(N3CC(C)(C)c4ccccc43)c(C(F)(F)F)c2)cc(F)c1O. The third-order valence-corrected chi connectivity index (χ3v) is 5.67. The molecule has 0 bridgehead atoms. The number of nitrogens with zero attached hydrogens (tertiary/aromatic N) is 2. The second kappa shape index (κ2) is 8.19. The third kappa shape index (κ3) is 4.11. The summed E-state index contributed by atoms with van der Waals surface area (Å²) in [6.45, 7) is 4.18. The molecule has 0 spiro atoms. The first-order valence-electron chi connectivity index (χ1n) is 10.2. The highest BCUT2D eigenvalue weighted by molar-refractivity contribution is 6.04. The van der Waals surface area contributed by atoms with Crippen LogP contribution >= 0.6 is 0 Å². The number of halogens is 4. The van der Waals surface area contributed by atoms with Gasteiger partial charge >= 0.3 is 6.18 Å². The third-order valence-electron chi connectivity index (χ3n) is 5.67. The molecule has 0 radical (unpaired) electrons. The van der Waals surface area contributed by atoms with Gasteiger partial charge in [0.2, 0.25) is 0 Å². The number of methoxy groups -OCH3 is 1. The Balaban J connectivity index is 1.71. The number of hydrogen-bond donors (Lipinski definition) is 2. The summed E-state index contributed by atoms with van der Waals surface area (Å²) >= 11 is 0. The molecule has 0 saturated carbocycles. The quantitative estimate of drug-likeness (QED) is 0.478. The smallest absolute Gasteiger partial charge is 0.420 e. The number of nitrogens with one attached hydrogen (secondary N) is 1. The van der Waals surface area contributed by atoms with Crippen molar-refractivity contribution in [2.75, 3.05) is 23.9 Å². The van der Waals surface area contributed by atoms with Gasteiger partial charge in [0.15, 0.2) is 17.3 Å². The van der Waals surface area contributed by atoms with Crippen molar-refractivity contribution in [2.45, 2.75) is 25.4 Å². The lowest BCUT2D eigenvalue weighted by Crippen LogP contribution is -2.27. The van der Waals surface area contributed by atoms with E-state index in [9.17, 15) is 27.5 Å². The number of aromatic nitrogens is 1. The van der Waals surface area contributed by atoms with Crippen LogP contribution < -0.4 is 15.0 Å². The minimum absolute atomic E-state index is 0.222. The fourth-order valence-corrected chi connectivity index (χ4v) is 4.05. The molecule has 2 aromatic carbocycles. The number of aromatic hydroxyl groups is 1. The zero-order valence-electron chi connectivity index (χ0n) is 18.5. The summed E-state index contributed by atoms with van der Waals surface area (Å²) in [5.41, 5.74) is -0.345. The van der Waals surface area contributed by atoms with Gasteiger partial charge in [0, 0.05) is 23.2 Å². The number of hydrogen-bond acceptors (Lipinski definition) is 5. The minimum atomic E-state index is -4.75. The predicted molar refractivity (Wildman–Crippen MR) is 118 cm³/mol. The van der Waals surface area contributed by atoms with Crippen molar-refractivity contribution in [3.05, 3.63) is 71.2 Å². The summed E-state index contributed by atoms with van der Waals surface area (Å²) in [4.78, 5) is 18.1. The Bertz CT molecular complexity index is 1270. The Kier molecular flexibility index (Phi) is 5.63. The van der Waals surface area contributed by atoms with E-state index in [1.54, 1.807) is 12.1 Å². The van der Waals surface area contributed by atoms with Crippen LogP contribution in [-0.4, -0.2) is 29.7 Å². The number of benzene rings is 2. The van der Waals surface area contributed by atoms with Gasteiger partial charge in [-0.1, -0.05) is 32.0 Å². The number of alkyl halides is 3. The number of para-hydroxylation sites is 1. The molecule has 34 heavy (non-hydrogen) atoms. The lowest BCUT2D eigenvalue weighted by molar-refractivity contribution is -0.137. The number of anilines is 3. The molecule has 10 heteroatoms. The van der Waals surface area contributed by atoms with Gasteiger partial charge in [-0.05, 0) is 29.8 Å². The molecule has 0 aliphatic carbocycles. The zero-order valence-corrected chi connectivity index (χ0v) is 18.5. The van der Waals surface area contributed by atoms with Crippen LogP contribution in [0.2, 0.25) is 0 Å². The second-order valence-electron chi connectivity index (χ2n) is 8.54. The highest BCUT2D eigenvalue weighted by atomic mass is 19.4. The molecule has 178 valence electrons. The van der Waals surface area contributed by atoms with Crippen molar-refractivity contribution < 1.29 is 32.2 Å². The summed E-state index contributed by atoms with van der Waals surface area (Å²) in [6.07, 6.45) is -3.64. The monoisotopic (exact) mass is 475 g/mol. The van der Waals surface area contributed by atoms with E-state index in [1.165, 1.54) is 12.0 Å². The molecular weight excluding hydrogens is 454 g/mol. The van der Waals surface area contributed by atoms with Gasteiger partial charge in [0.05, 0.1) is 19.0 Å². The second-order valence-corrected chi connectivity index (χ2v) is 8.54. The zero-order chi connectivity index (χ0) is 24.8. The Morgan fingerprint density at radius 3 is 2.59 bits per heavy atom. The van der Waals surface area contributed by atoms with Gasteiger partial charge in [0.25, 0.3) is 5.91 Å².